The third kappa shape index (κ3) is 5.43. The highest BCUT2D eigenvalue weighted by Gasteiger charge is 2.31. The maximum Gasteiger partial charge on any atom is 0.417 e. The number of carbonyl (C=O) groups is 1. The molecule has 0 spiro atoms. The van der Waals surface area contributed by atoms with Gasteiger partial charge in [0.1, 0.15) is 11.6 Å². The summed E-state index contributed by atoms with van der Waals surface area (Å²) in [5.41, 5.74) is 0.470. The van der Waals surface area contributed by atoms with E-state index in [0.717, 1.165) is 12.3 Å². The van der Waals surface area contributed by atoms with Gasteiger partial charge >= 0.3 is 6.18 Å². The van der Waals surface area contributed by atoms with Crippen molar-refractivity contribution in [2.24, 2.45) is 0 Å². The number of pyridine rings is 1. The molecule has 1 aliphatic heterocycles. The fraction of sp³-hybridized carbons (Fsp3) is 0.455. The van der Waals surface area contributed by atoms with Gasteiger partial charge in [0, 0.05) is 32.4 Å². The van der Waals surface area contributed by atoms with Gasteiger partial charge in [-0.05, 0) is 35.2 Å². The third-order valence-electron chi connectivity index (χ3n) is 5.11. The van der Waals surface area contributed by atoms with Crippen LogP contribution in [-0.2, 0) is 16.4 Å². The second-order valence-corrected chi connectivity index (χ2v) is 8.33. The van der Waals surface area contributed by atoms with Crippen LogP contribution < -0.4 is 9.64 Å². The van der Waals surface area contributed by atoms with Crippen LogP contribution >= 0.6 is 0 Å². The molecule has 1 aromatic carbocycles. The highest BCUT2D eigenvalue weighted by atomic mass is 19.4. The fourth-order valence-corrected chi connectivity index (χ4v) is 3.21. The average Bonchev–Trinajstić information content (AvgIpc) is 2.71. The van der Waals surface area contributed by atoms with Gasteiger partial charge in [-0.2, -0.15) is 13.2 Å². The SMILES string of the molecule is CC(C)(C)c1ccc(OCC(=O)N2CCN(c3ccc(C(F)(F)F)cn3)CC2)cc1. The molecule has 2 heterocycles. The molecule has 3 rings (SSSR count). The minimum Gasteiger partial charge on any atom is -0.484 e. The van der Waals surface area contributed by atoms with Gasteiger partial charge in [-0.25, -0.2) is 4.98 Å². The van der Waals surface area contributed by atoms with Crippen LogP contribution in [0, 0.1) is 0 Å². The van der Waals surface area contributed by atoms with Crippen molar-refractivity contribution in [3.63, 3.8) is 0 Å². The Morgan fingerprint density at radius 1 is 0.967 bits per heavy atom. The second-order valence-electron chi connectivity index (χ2n) is 8.33. The molecule has 1 aromatic heterocycles. The fourth-order valence-electron chi connectivity index (χ4n) is 3.21. The van der Waals surface area contributed by atoms with Crippen LogP contribution in [0.2, 0.25) is 0 Å². The molecule has 8 heteroatoms. The topological polar surface area (TPSA) is 45.7 Å². The predicted molar refractivity (Wildman–Crippen MR) is 109 cm³/mol. The number of ether oxygens (including phenoxy) is 1. The predicted octanol–water partition coefficient (Wildman–Crippen LogP) is 4.13. The van der Waals surface area contributed by atoms with E-state index in [1.165, 1.54) is 11.6 Å². The Balaban J connectivity index is 1.48. The Labute approximate surface area is 174 Å². The summed E-state index contributed by atoms with van der Waals surface area (Å²) in [4.78, 5) is 19.9. The summed E-state index contributed by atoms with van der Waals surface area (Å²) >= 11 is 0. The van der Waals surface area contributed by atoms with E-state index in [9.17, 15) is 18.0 Å². The molecule has 1 saturated heterocycles. The van der Waals surface area contributed by atoms with Crippen molar-refractivity contribution in [2.75, 3.05) is 37.7 Å². The lowest BCUT2D eigenvalue weighted by atomic mass is 9.87. The van der Waals surface area contributed by atoms with Crippen molar-refractivity contribution in [1.29, 1.82) is 0 Å². The molecule has 1 amide bonds. The summed E-state index contributed by atoms with van der Waals surface area (Å²) in [6.07, 6.45) is -3.56. The number of alkyl halides is 3. The van der Waals surface area contributed by atoms with Gasteiger partial charge in [0.05, 0.1) is 5.56 Å². The van der Waals surface area contributed by atoms with Crippen LogP contribution in [0.4, 0.5) is 19.0 Å². The number of nitrogens with zero attached hydrogens (tertiary/aromatic N) is 3. The van der Waals surface area contributed by atoms with E-state index in [1.54, 1.807) is 4.90 Å². The molecular weight excluding hydrogens is 395 g/mol. The minimum atomic E-state index is -4.40. The molecule has 1 aliphatic rings. The van der Waals surface area contributed by atoms with Gasteiger partial charge in [0.15, 0.2) is 6.61 Å². The summed E-state index contributed by atoms with van der Waals surface area (Å²) < 4.78 is 43.6. The van der Waals surface area contributed by atoms with Gasteiger partial charge in [-0.3, -0.25) is 4.79 Å². The summed E-state index contributed by atoms with van der Waals surface area (Å²) in [5, 5.41) is 0. The smallest absolute Gasteiger partial charge is 0.417 e. The van der Waals surface area contributed by atoms with E-state index in [4.69, 9.17) is 4.74 Å². The van der Waals surface area contributed by atoms with E-state index < -0.39 is 11.7 Å². The van der Waals surface area contributed by atoms with Gasteiger partial charge in [0.2, 0.25) is 0 Å². The Hall–Kier alpha value is -2.77. The summed E-state index contributed by atoms with van der Waals surface area (Å²) in [6, 6.07) is 10.1. The Morgan fingerprint density at radius 3 is 2.07 bits per heavy atom. The number of hydrogen-bond donors (Lipinski definition) is 0. The third-order valence-corrected chi connectivity index (χ3v) is 5.11. The van der Waals surface area contributed by atoms with Gasteiger partial charge in [-0.1, -0.05) is 32.9 Å². The van der Waals surface area contributed by atoms with Crippen LogP contribution in [0.15, 0.2) is 42.6 Å². The zero-order valence-corrected chi connectivity index (χ0v) is 17.4. The number of anilines is 1. The number of halogens is 3. The van der Waals surface area contributed by atoms with Crippen molar-refractivity contribution in [1.82, 2.24) is 9.88 Å². The van der Waals surface area contributed by atoms with Crippen LogP contribution in [0.1, 0.15) is 31.9 Å². The Morgan fingerprint density at radius 2 is 1.57 bits per heavy atom. The van der Waals surface area contributed by atoms with Gasteiger partial charge in [-0.15, -0.1) is 0 Å². The standard InChI is InChI=1S/C22H26F3N3O2/c1-21(2,3)16-4-7-18(8-5-16)30-15-20(29)28-12-10-27(11-13-28)19-9-6-17(14-26-19)22(23,24)25/h4-9,14H,10-13,15H2,1-3H3. The molecule has 1 fully saturated rings. The summed E-state index contributed by atoms with van der Waals surface area (Å²) in [6.45, 7) is 8.29. The quantitative estimate of drug-likeness (QED) is 0.745. The summed E-state index contributed by atoms with van der Waals surface area (Å²) in [7, 11) is 0. The van der Waals surface area contributed by atoms with Crippen molar-refractivity contribution in [3.8, 4) is 5.75 Å². The molecule has 0 aliphatic carbocycles. The first-order chi connectivity index (χ1) is 14.0. The molecule has 5 nitrogen and oxygen atoms in total. The number of hydrogen-bond acceptors (Lipinski definition) is 4. The normalized spacial score (nSPS) is 15.3. The first-order valence-electron chi connectivity index (χ1n) is 9.83. The maximum absolute atomic E-state index is 12.7. The van der Waals surface area contributed by atoms with Crippen molar-refractivity contribution < 1.29 is 22.7 Å². The van der Waals surface area contributed by atoms with E-state index in [1.807, 2.05) is 29.2 Å². The van der Waals surface area contributed by atoms with E-state index in [-0.39, 0.29) is 17.9 Å². The van der Waals surface area contributed by atoms with Gasteiger partial charge in [0.25, 0.3) is 5.91 Å². The first kappa shape index (κ1) is 21.9. The first-order valence-corrected chi connectivity index (χ1v) is 9.83. The van der Waals surface area contributed by atoms with Crippen molar-refractivity contribution in [2.45, 2.75) is 32.4 Å². The molecule has 0 N–H and O–H groups in total. The number of carbonyl (C=O) groups excluding carboxylic acids is 1. The maximum atomic E-state index is 12.7. The molecular formula is C22H26F3N3O2. The van der Waals surface area contributed by atoms with E-state index in [0.29, 0.717) is 37.7 Å². The second kappa shape index (κ2) is 8.53. The van der Waals surface area contributed by atoms with Crippen molar-refractivity contribution in [3.05, 3.63) is 53.7 Å². The number of piperazine rings is 1. The van der Waals surface area contributed by atoms with Crippen LogP contribution in [0.3, 0.4) is 0 Å². The molecule has 162 valence electrons. The lowest BCUT2D eigenvalue weighted by Gasteiger charge is -2.35. The molecule has 2 aromatic rings. The van der Waals surface area contributed by atoms with Gasteiger partial charge < -0.3 is 14.5 Å². The zero-order chi connectivity index (χ0) is 21.9. The van der Waals surface area contributed by atoms with Crippen LogP contribution in [-0.4, -0.2) is 48.6 Å². The summed E-state index contributed by atoms with van der Waals surface area (Å²) in [5.74, 6) is 1.00. The Kier molecular flexibility index (Phi) is 6.24. The average molecular weight is 421 g/mol. The molecule has 0 unspecified atom stereocenters. The van der Waals surface area contributed by atoms with Crippen molar-refractivity contribution >= 4 is 11.7 Å². The van der Waals surface area contributed by atoms with E-state index in [2.05, 4.69) is 25.8 Å². The lowest BCUT2D eigenvalue weighted by molar-refractivity contribution is -0.138. The highest BCUT2D eigenvalue weighted by Crippen LogP contribution is 2.29. The Bertz CT molecular complexity index is 851. The molecule has 0 bridgehead atoms. The molecule has 0 saturated carbocycles. The molecule has 30 heavy (non-hydrogen) atoms. The largest absolute Gasteiger partial charge is 0.484 e. The number of aromatic nitrogens is 1. The van der Waals surface area contributed by atoms with E-state index >= 15 is 0 Å². The molecule has 0 radical (unpaired) electrons. The number of benzene rings is 1. The minimum absolute atomic E-state index is 0.0482. The highest BCUT2D eigenvalue weighted by molar-refractivity contribution is 5.78. The monoisotopic (exact) mass is 421 g/mol. The molecule has 0 atom stereocenters. The van der Waals surface area contributed by atoms with Crippen LogP contribution in [0.5, 0.6) is 5.75 Å². The zero-order valence-electron chi connectivity index (χ0n) is 17.4. The lowest BCUT2D eigenvalue weighted by Crippen LogP contribution is -2.50. The number of rotatable bonds is 4. The number of amides is 1. The van der Waals surface area contributed by atoms with Crippen LogP contribution in [0.25, 0.3) is 0 Å².